The van der Waals surface area contributed by atoms with Crippen LogP contribution in [0.3, 0.4) is 0 Å². The summed E-state index contributed by atoms with van der Waals surface area (Å²) < 4.78 is 41.1. The van der Waals surface area contributed by atoms with Crippen LogP contribution in [0.4, 0.5) is 18.9 Å². The van der Waals surface area contributed by atoms with E-state index < -0.39 is 29.3 Å². The Kier molecular flexibility index (Phi) is 5.66. The molecule has 28 heavy (non-hydrogen) atoms. The van der Waals surface area contributed by atoms with Gasteiger partial charge in [0.2, 0.25) is 5.91 Å². The van der Waals surface area contributed by atoms with Gasteiger partial charge in [-0.15, -0.1) is 0 Å². The monoisotopic (exact) mass is 431 g/mol. The van der Waals surface area contributed by atoms with Crippen molar-refractivity contribution in [3.05, 3.63) is 63.7 Å². The lowest BCUT2D eigenvalue weighted by Crippen LogP contribution is -2.20. The van der Waals surface area contributed by atoms with Crippen molar-refractivity contribution >= 4 is 34.8 Å². The van der Waals surface area contributed by atoms with E-state index in [1.165, 1.54) is 13.1 Å². The first-order valence-electron chi connectivity index (χ1n) is 8.00. The van der Waals surface area contributed by atoms with Crippen LogP contribution in [0.5, 0.6) is 0 Å². The summed E-state index contributed by atoms with van der Waals surface area (Å²) in [4.78, 5) is 12.2. The quantitative estimate of drug-likeness (QED) is 0.650. The molecule has 0 aliphatic carbocycles. The van der Waals surface area contributed by atoms with Crippen LogP contribution in [0.25, 0.3) is 0 Å². The Hall–Kier alpha value is -2.52. The molecule has 0 aliphatic heterocycles. The number of nitrogens with one attached hydrogen (secondary N) is 1. The summed E-state index contributed by atoms with van der Waals surface area (Å²) in [5.74, 6) is -0.554. The molecule has 0 unspecified atom stereocenters. The molecule has 3 aromatic rings. The van der Waals surface area contributed by atoms with E-state index >= 15 is 0 Å². The summed E-state index contributed by atoms with van der Waals surface area (Å²) in [5.41, 5.74) is 0.218. The second-order valence-corrected chi connectivity index (χ2v) is 6.82. The van der Waals surface area contributed by atoms with E-state index in [9.17, 15) is 18.0 Å². The zero-order valence-electron chi connectivity index (χ0n) is 14.5. The minimum Gasteiger partial charge on any atom is -0.322 e. The Morgan fingerprint density at radius 3 is 2.50 bits per heavy atom. The van der Waals surface area contributed by atoms with E-state index in [-0.39, 0.29) is 5.69 Å². The average molecular weight is 432 g/mol. The van der Waals surface area contributed by atoms with Gasteiger partial charge in [-0.2, -0.15) is 23.4 Å². The zero-order valence-corrected chi connectivity index (χ0v) is 16.0. The third-order valence-electron chi connectivity index (χ3n) is 3.87. The Balaban J connectivity index is 1.64. The van der Waals surface area contributed by atoms with E-state index in [1.807, 2.05) is 12.1 Å². The van der Waals surface area contributed by atoms with Gasteiger partial charge in [-0.05, 0) is 24.6 Å². The molecule has 0 saturated heterocycles. The summed E-state index contributed by atoms with van der Waals surface area (Å²) in [6, 6.07) is 7.22. The predicted molar refractivity (Wildman–Crippen MR) is 98.4 cm³/mol. The van der Waals surface area contributed by atoms with Crippen LogP contribution in [0.15, 0.2) is 36.7 Å². The van der Waals surface area contributed by atoms with Gasteiger partial charge < -0.3 is 5.32 Å². The van der Waals surface area contributed by atoms with Gasteiger partial charge in [-0.25, -0.2) is 0 Å². The molecule has 2 heterocycles. The molecule has 0 saturated carbocycles. The van der Waals surface area contributed by atoms with Gasteiger partial charge in [0.25, 0.3) is 0 Å². The molecule has 6 nitrogen and oxygen atoms in total. The zero-order chi connectivity index (χ0) is 20.5. The van der Waals surface area contributed by atoms with Crippen LogP contribution in [0.2, 0.25) is 10.0 Å². The van der Waals surface area contributed by atoms with E-state index in [4.69, 9.17) is 23.2 Å². The summed E-state index contributed by atoms with van der Waals surface area (Å²) >= 11 is 11.5. The lowest BCUT2D eigenvalue weighted by atomic mass is 10.2. The first-order valence-corrected chi connectivity index (χ1v) is 8.76. The number of anilines is 1. The highest BCUT2D eigenvalue weighted by atomic mass is 35.5. The van der Waals surface area contributed by atoms with Crippen LogP contribution in [0, 0.1) is 6.92 Å². The second-order valence-electron chi connectivity index (χ2n) is 6.00. The summed E-state index contributed by atoms with van der Waals surface area (Å²) in [5, 5.41) is 10.2. The van der Waals surface area contributed by atoms with E-state index in [1.54, 1.807) is 23.0 Å². The third-order valence-corrected chi connectivity index (χ3v) is 4.57. The molecule has 2 aromatic heterocycles. The van der Waals surface area contributed by atoms with Crippen LogP contribution < -0.4 is 5.32 Å². The number of carbonyl (C=O) groups excluding carboxylic acids is 1. The molecule has 0 spiro atoms. The van der Waals surface area contributed by atoms with Crippen molar-refractivity contribution in [2.24, 2.45) is 0 Å². The molecule has 0 bridgehead atoms. The Morgan fingerprint density at radius 2 is 1.89 bits per heavy atom. The van der Waals surface area contributed by atoms with Gasteiger partial charge in [0.05, 0.1) is 29.1 Å². The Labute approximate surface area is 167 Å². The molecule has 0 atom stereocenters. The van der Waals surface area contributed by atoms with Gasteiger partial charge >= 0.3 is 6.18 Å². The fourth-order valence-electron chi connectivity index (χ4n) is 2.49. The summed E-state index contributed by atoms with van der Waals surface area (Å²) in [6.45, 7) is 1.42. The third kappa shape index (κ3) is 4.66. The lowest BCUT2D eigenvalue weighted by Gasteiger charge is -2.05. The van der Waals surface area contributed by atoms with Crippen molar-refractivity contribution in [1.29, 1.82) is 0 Å². The minimum absolute atomic E-state index is 0.0579. The largest absolute Gasteiger partial charge is 0.436 e. The number of hydrogen-bond donors (Lipinski definition) is 1. The van der Waals surface area contributed by atoms with Gasteiger partial charge in [0, 0.05) is 11.2 Å². The van der Waals surface area contributed by atoms with Gasteiger partial charge in [-0.3, -0.25) is 14.2 Å². The van der Waals surface area contributed by atoms with Crippen LogP contribution in [-0.2, 0) is 24.1 Å². The van der Waals surface area contributed by atoms with Crippen LogP contribution in [0.1, 0.15) is 17.0 Å². The van der Waals surface area contributed by atoms with E-state index in [0.717, 1.165) is 10.2 Å². The fourth-order valence-corrected chi connectivity index (χ4v) is 2.86. The van der Waals surface area contributed by atoms with Crippen molar-refractivity contribution in [2.45, 2.75) is 26.2 Å². The van der Waals surface area contributed by atoms with Crippen LogP contribution in [-0.4, -0.2) is 25.5 Å². The lowest BCUT2D eigenvalue weighted by molar-refractivity contribution is -0.141. The number of aromatic nitrogens is 4. The maximum absolute atomic E-state index is 12.9. The average Bonchev–Trinajstić information content (AvgIpc) is 3.16. The number of alkyl halides is 3. The molecule has 3 rings (SSSR count). The SMILES string of the molecule is Cc1c(Cl)c(C(F)(F)F)nn1CC(=O)Nc1cnn(Cc2ccc(Cl)cc2)c1. The molecular formula is C17H14Cl2F3N5O. The maximum atomic E-state index is 12.9. The van der Waals surface area contributed by atoms with Gasteiger partial charge in [0.15, 0.2) is 5.69 Å². The topological polar surface area (TPSA) is 64.7 Å². The number of halogens is 5. The molecule has 1 aromatic carbocycles. The molecule has 1 N–H and O–H groups in total. The molecule has 0 aliphatic rings. The number of hydrogen-bond acceptors (Lipinski definition) is 3. The van der Waals surface area contributed by atoms with Crippen LogP contribution >= 0.6 is 23.2 Å². The first-order chi connectivity index (χ1) is 13.1. The van der Waals surface area contributed by atoms with Crippen molar-refractivity contribution in [3.63, 3.8) is 0 Å². The Morgan fingerprint density at radius 1 is 1.21 bits per heavy atom. The number of carbonyl (C=O) groups is 1. The highest BCUT2D eigenvalue weighted by Gasteiger charge is 2.38. The molecular weight excluding hydrogens is 418 g/mol. The number of rotatable bonds is 5. The molecule has 1 amide bonds. The standard InChI is InChI=1S/C17H14Cl2F3N5O/c1-10-15(19)16(17(20,21)22)25-27(10)9-14(28)24-13-6-23-26(8-13)7-11-2-4-12(18)5-3-11/h2-6,8H,7,9H2,1H3,(H,24,28). The van der Waals surface area contributed by atoms with Crippen molar-refractivity contribution in [2.75, 3.05) is 5.32 Å². The number of benzene rings is 1. The normalized spacial score (nSPS) is 11.6. The molecule has 11 heteroatoms. The highest BCUT2D eigenvalue weighted by Crippen LogP contribution is 2.35. The minimum atomic E-state index is -4.69. The number of nitrogens with zero attached hydrogens (tertiary/aromatic N) is 4. The Bertz CT molecular complexity index is 995. The summed E-state index contributed by atoms with van der Waals surface area (Å²) in [7, 11) is 0. The van der Waals surface area contributed by atoms with E-state index in [0.29, 0.717) is 17.3 Å². The number of amides is 1. The highest BCUT2D eigenvalue weighted by molar-refractivity contribution is 6.32. The molecule has 0 fully saturated rings. The fraction of sp³-hybridized carbons (Fsp3) is 0.235. The maximum Gasteiger partial charge on any atom is 0.436 e. The first kappa shape index (κ1) is 20.2. The summed E-state index contributed by atoms with van der Waals surface area (Å²) in [6.07, 6.45) is -1.64. The van der Waals surface area contributed by atoms with Gasteiger partial charge in [-0.1, -0.05) is 35.3 Å². The van der Waals surface area contributed by atoms with E-state index in [2.05, 4.69) is 15.5 Å². The smallest absolute Gasteiger partial charge is 0.322 e. The molecule has 0 radical (unpaired) electrons. The van der Waals surface area contributed by atoms with Crippen molar-refractivity contribution in [1.82, 2.24) is 19.6 Å². The van der Waals surface area contributed by atoms with Gasteiger partial charge in [0.1, 0.15) is 6.54 Å². The van der Waals surface area contributed by atoms with Crippen molar-refractivity contribution < 1.29 is 18.0 Å². The second kappa shape index (κ2) is 7.84. The molecule has 148 valence electrons. The predicted octanol–water partition coefficient (Wildman–Crippen LogP) is 4.40. The van der Waals surface area contributed by atoms with Crippen molar-refractivity contribution in [3.8, 4) is 0 Å².